The molecule has 7 nitrogen and oxygen atoms in total. The molecule has 2 heterocycles. The van der Waals surface area contributed by atoms with E-state index in [0.717, 1.165) is 16.9 Å². The molecule has 0 aliphatic heterocycles. The Balaban J connectivity index is 1.53. The molecule has 0 radical (unpaired) electrons. The van der Waals surface area contributed by atoms with Gasteiger partial charge in [0.2, 0.25) is 5.91 Å². The third-order valence-electron chi connectivity index (χ3n) is 5.16. The minimum atomic E-state index is -0.120. The Hall–Kier alpha value is -3.19. The summed E-state index contributed by atoms with van der Waals surface area (Å²) in [5.41, 5.74) is 4.01. The molecule has 0 spiro atoms. The van der Waals surface area contributed by atoms with Gasteiger partial charge in [-0.15, -0.1) is 0 Å². The molecule has 0 unspecified atom stereocenters. The predicted octanol–water partition coefficient (Wildman–Crippen LogP) is 4.34. The second-order valence-electron chi connectivity index (χ2n) is 8.83. The minimum Gasteiger partial charge on any atom is -0.493 e. The smallest absolute Gasteiger partial charge is 0.225 e. The van der Waals surface area contributed by atoms with E-state index in [9.17, 15) is 9.90 Å². The summed E-state index contributed by atoms with van der Waals surface area (Å²) in [4.78, 5) is 16.6. The number of amides is 1. The molecule has 1 amide bonds. The molecule has 0 aliphatic rings. The van der Waals surface area contributed by atoms with Gasteiger partial charge in [0.25, 0.3) is 0 Å². The van der Waals surface area contributed by atoms with Crippen molar-refractivity contribution in [2.24, 2.45) is 0 Å². The molecule has 1 aromatic carbocycles. The first-order chi connectivity index (χ1) is 15.3. The average molecular weight is 437 g/mol. The Kier molecular flexibility index (Phi) is 7.64. The number of rotatable bonds is 9. The molecule has 0 saturated carbocycles. The number of aryl methyl sites for hydroxylation is 1. The first-order valence-electron chi connectivity index (χ1n) is 10.9. The maximum absolute atomic E-state index is 12.5. The Morgan fingerprint density at radius 1 is 1.22 bits per heavy atom. The molecule has 2 N–H and O–H groups in total. The van der Waals surface area contributed by atoms with Crippen molar-refractivity contribution in [3.63, 3.8) is 0 Å². The number of ether oxygens (including phenoxy) is 1. The number of carbonyl (C=O) groups excluding carboxylic acids is 1. The lowest BCUT2D eigenvalue weighted by Gasteiger charge is -2.20. The van der Waals surface area contributed by atoms with Crippen molar-refractivity contribution < 1.29 is 14.6 Å². The Morgan fingerprint density at radius 2 is 2.03 bits per heavy atom. The second kappa shape index (κ2) is 10.4. The molecule has 7 heteroatoms. The molecule has 0 saturated heterocycles. The highest BCUT2D eigenvalue weighted by molar-refractivity contribution is 5.90. The zero-order chi connectivity index (χ0) is 23.1. The summed E-state index contributed by atoms with van der Waals surface area (Å²) in [6.45, 7) is 9.29. The quantitative estimate of drug-likeness (QED) is 0.487. The predicted molar refractivity (Wildman–Crippen MR) is 126 cm³/mol. The Morgan fingerprint density at radius 3 is 2.69 bits per heavy atom. The van der Waals surface area contributed by atoms with Crippen LogP contribution in [0.4, 0.5) is 5.82 Å². The van der Waals surface area contributed by atoms with Gasteiger partial charge < -0.3 is 15.2 Å². The number of nitrogens with zero attached hydrogens (tertiary/aromatic N) is 3. The summed E-state index contributed by atoms with van der Waals surface area (Å²) in [6.07, 6.45) is 4.32. The van der Waals surface area contributed by atoms with Gasteiger partial charge >= 0.3 is 0 Å². The number of pyridine rings is 1. The Labute approximate surface area is 189 Å². The summed E-state index contributed by atoms with van der Waals surface area (Å²) in [5, 5.41) is 16.7. The molecule has 2 aromatic heterocycles. The van der Waals surface area contributed by atoms with Gasteiger partial charge in [0.1, 0.15) is 11.6 Å². The van der Waals surface area contributed by atoms with Crippen molar-refractivity contribution in [1.29, 1.82) is 0 Å². The average Bonchev–Trinajstić information content (AvgIpc) is 3.14. The summed E-state index contributed by atoms with van der Waals surface area (Å²) < 4.78 is 7.49. The van der Waals surface area contributed by atoms with Crippen LogP contribution in [0.5, 0.6) is 5.75 Å². The fourth-order valence-electron chi connectivity index (χ4n) is 3.34. The molecule has 0 bridgehead atoms. The number of aliphatic hydroxyl groups is 1. The number of aliphatic hydroxyl groups excluding tert-OH is 1. The van der Waals surface area contributed by atoms with Crippen molar-refractivity contribution in [1.82, 2.24) is 14.8 Å². The normalized spacial score (nSPS) is 11.4. The maximum atomic E-state index is 12.5. The maximum Gasteiger partial charge on any atom is 0.225 e. The van der Waals surface area contributed by atoms with Gasteiger partial charge in [-0.1, -0.05) is 32.9 Å². The van der Waals surface area contributed by atoms with Crippen LogP contribution in [0.1, 0.15) is 44.7 Å². The van der Waals surface area contributed by atoms with Crippen molar-refractivity contribution >= 4 is 11.7 Å². The third kappa shape index (κ3) is 6.17. The summed E-state index contributed by atoms with van der Waals surface area (Å²) >= 11 is 0. The SMILES string of the molecule is Cc1cc(C(C)(C)C)ccc1OCCCC(=O)Nc1cc(-c2cccnc2)nn1CCO. The van der Waals surface area contributed by atoms with E-state index in [1.54, 1.807) is 23.1 Å². The number of anilines is 1. The molecule has 170 valence electrons. The van der Waals surface area contributed by atoms with E-state index in [1.165, 1.54) is 5.56 Å². The van der Waals surface area contributed by atoms with Gasteiger partial charge in [-0.25, -0.2) is 4.68 Å². The highest BCUT2D eigenvalue weighted by atomic mass is 16.5. The van der Waals surface area contributed by atoms with Crippen molar-refractivity contribution in [2.45, 2.75) is 52.5 Å². The van der Waals surface area contributed by atoms with Crippen LogP contribution in [-0.2, 0) is 16.8 Å². The summed E-state index contributed by atoms with van der Waals surface area (Å²) in [6, 6.07) is 11.8. The molecule has 32 heavy (non-hydrogen) atoms. The van der Waals surface area contributed by atoms with Gasteiger partial charge in [0, 0.05) is 30.4 Å². The highest BCUT2D eigenvalue weighted by Crippen LogP contribution is 2.27. The van der Waals surface area contributed by atoms with Gasteiger partial charge in [-0.05, 0) is 48.1 Å². The molecular formula is C25H32N4O3. The van der Waals surface area contributed by atoms with Gasteiger partial charge in [0.05, 0.1) is 25.5 Å². The van der Waals surface area contributed by atoms with Gasteiger partial charge in [-0.2, -0.15) is 5.10 Å². The van der Waals surface area contributed by atoms with Crippen LogP contribution >= 0.6 is 0 Å². The standard InChI is InChI=1S/C25H32N4O3/c1-18-15-20(25(2,3)4)9-10-22(18)32-14-6-8-24(31)27-23-16-21(28-29(23)12-13-30)19-7-5-11-26-17-19/h5,7,9-11,15-17,30H,6,8,12-14H2,1-4H3,(H,27,31). The number of hydrogen-bond donors (Lipinski definition) is 2. The number of carbonyl (C=O) groups is 1. The van der Waals surface area contributed by atoms with Crippen molar-refractivity contribution in [3.8, 4) is 17.0 Å². The van der Waals surface area contributed by atoms with Crippen LogP contribution in [0.25, 0.3) is 11.3 Å². The first kappa shape index (κ1) is 23.5. The van der Waals surface area contributed by atoms with Crippen LogP contribution in [0.3, 0.4) is 0 Å². The molecule has 3 rings (SSSR count). The zero-order valence-corrected chi connectivity index (χ0v) is 19.3. The van der Waals surface area contributed by atoms with Gasteiger partial charge in [-0.3, -0.25) is 9.78 Å². The van der Waals surface area contributed by atoms with E-state index >= 15 is 0 Å². The molecule has 0 atom stereocenters. The summed E-state index contributed by atoms with van der Waals surface area (Å²) in [5.74, 6) is 1.28. The molecule has 0 aliphatic carbocycles. The topological polar surface area (TPSA) is 89.3 Å². The first-order valence-corrected chi connectivity index (χ1v) is 10.9. The van der Waals surface area contributed by atoms with E-state index in [0.29, 0.717) is 37.5 Å². The van der Waals surface area contributed by atoms with E-state index in [2.05, 4.69) is 48.3 Å². The van der Waals surface area contributed by atoms with Crippen LogP contribution < -0.4 is 10.1 Å². The lowest BCUT2D eigenvalue weighted by Crippen LogP contribution is -2.17. The molecule has 3 aromatic rings. The number of aromatic nitrogens is 3. The number of benzene rings is 1. The second-order valence-corrected chi connectivity index (χ2v) is 8.83. The van der Waals surface area contributed by atoms with Crippen LogP contribution in [-0.4, -0.2) is 39.0 Å². The zero-order valence-electron chi connectivity index (χ0n) is 19.3. The lowest BCUT2D eigenvalue weighted by molar-refractivity contribution is -0.116. The van der Waals surface area contributed by atoms with Crippen molar-refractivity contribution in [3.05, 3.63) is 59.9 Å². The van der Waals surface area contributed by atoms with Crippen LogP contribution in [0.15, 0.2) is 48.8 Å². The van der Waals surface area contributed by atoms with E-state index < -0.39 is 0 Å². The lowest BCUT2D eigenvalue weighted by atomic mass is 9.86. The molecular weight excluding hydrogens is 404 g/mol. The van der Waals surface area contributed by atoms with Gasteiger partial charge in [0.15, 0.2) is 0 Å². The van der Waals surface area contributed by atoms with E-state index in [-0.39, 0.29) is 17.9 Å². The fraction of sp³-hybridized carbons (Fsp3) is 0.400. The van der Waals surface area contributed by atoms with Crippen LogP contribution in [0.2, 0.25) is 0 Å². The highest BCUT2D eigenvalue weighted by Gasteiger charge is 2.15. The minimum absolute atomic E-state index is 0.0712. The number of hydrogen-bond acceptors (Lipinski definition) is 5. The van der Waals surface area contributed by atoms with E-state index in [4.69, 9.17) is 4.74 Å². The largest absolute Gasteiger partial charge is 0.493 e. The third-order valence-corrected chi connectivity index (χ3v) is 5.16. The monoisotopic (exact) mass is 436 g/mol. The Bertz CT molecular complexity index is 1040. The van der Waals surface area contributed by atoms with E-state index in [1.807, 2.05) is 25.1 Å². The fourth-order valence-corrected chi connectivity index (χ4v) is 3.34. The van der Waals surface area contributed by atoms with Crippen molar-refractivity contribution in [2.75, 3.05) is 18.5 Å². The van der Waals surface area contributed by atoms with Crippen LogP contribution in [0, 0.1) is 6.92 Å². The number of nitrogens with one attached hydrogen (secondary N) is 1. The summed E-state index contributed by atoms with van der Waals surface area (Å²) in [7, 11) is 0. The molecule has 0 fully saturated rings.